The Bertz CT molecular complexity index is 338. The van der Waals surface area contributed by atoms with Gasteiger partial charge in [0, 0.05) is 4.83 Å². The third-order valence-electron chi connectivity index (χ3n) is 2.79. The summed E-state index contributed by atoms with van der Waals surface area (Å²) in [5.41, 5.74) is 1.65. The van der Waals surface area contributed by atoms with Crippen molar-refractivity contribution in [2.75, 3.05) is 0 Å². The van der Waals surface area contributed by atoms with Gasteiger partial charge in [0.1, 0.15) is 0 Å². The van der Waals surface area contributed by atoms with Gasteiger partial charge in [-0.2, -0.15) is 0 Å². The number of halogens is 3. The minimum atomic E-state index is 0.308. The van der Waals surface area contributed by atoms with E-state index in [4.69, 9.17) is 0 Å². The maximum Gasteiger partial charge on any atom is 0.0753 e. The molecule has 0 spiro atoms. The van der Waals surface area contributed by atoms with Crippen LogP contribution < -0.4 is 0 Å². The monoisotopic (exact) mass is 416 g/mol. The molecule has 0 aliphatic rings. The zero-order valence-electron chi connectivity index (χ0n) is 9.27. The van der Waals surface area contributed by atoms with Crippen molar-refractivity contribution in [3.8, 4) is 0 Å². The molecule has 0 amide bonds. The molecule has 86 valence electrons. The lowest BCUT2D eigenvalue weighted by atomic mass is 9.79. The minimum Gasteiger partial charge on any atom is -0.121 e. The molecule has 2 atom stereocenters. The van der Waals surface area contributed by atoms with E-state index in [1.807, 2.05) is 0 Å². The van der Waals surface area contributed by atoms with Crippen molar-refractivity contribution in [3.05, 3.63) is 19.2 Å². The molecular weight excluding hydrogens is 404 g/mol. The fourth-order valence-corrected chi connectivity index (χ4v) is 5.79. The van der Waals surface area contributed by atoms with Crippen molar-refractivity contribution < 1.29 is 0 Å². The van der Waals surface area contributed by atoms with E-state index in [-0.39, 0.29) is 0 Å². The highest BCUT2D eigenvalue weighted by atomic mass is 79.9. The molecule has 1 aromatic heterocycles. The number of thiophene rings is 1. The van der Waals surface area contributed by atoms with Gasteiger partial charge in [-0.25, -0.2) is 0 Å². The number of hydrogen-bond donors (Lipinski definition) is 0. The number of rotatable bonds is 2. The molecule has 0 saturated heterocycles. The van der Waals surface area contributed by atoms with Gasteiger partial charge in [-0.15, -0.1) is 11.3 Å². The van der Waals surface area contributed by atoms with Crippen LogP contribution in [0.1, 0.15) is 38.1 Å². The Morgan fingerprint density at radius 3 is 2.13 bits per heavy atom. The lowest BCUT2D eigenvalue weighted by Gasteiger charge is -2.31. The highest BCUT2D eigenvalue weighted by Crippen LogP contribution is 2.46. The molecule has 1 rings (SSSR count). The predicted molar refractivity (Wildman–Crippen MR) is 80.0 cm³/mol. The second-order valence-corrected chi connectivity index (χ2v) is 9.57. The highest BCUT2D eigenvalue weighted by molar-refractivity contribution is 9.12. The summed E-state index contributed by atoms with van der Waals surface area (Å²) in [6.07, 6.45) is 0. The zero-order valence-corrected chi connectivity index (χ0v) is 14.8. The van der Waals surface area contributed by atoms with Crippen LogP contribution in [0, 0.1) is 11.3 Å². The van der Waals surface area contributed by atoms with E-state index in [2.05, 4.69) is 81.6 Å². The topological polar surface area (TPSA) is 0 Å². The summed E-state index contributed by atoms with van der Waals surface area (Å²) in [6, 6.07) is 2.19. The van der Waals surface area contributed by atoms with Crippen LogP contribution in [0.5, 0.6) is 0 Å². The quantitative estimate of drug-likeness (QED) is 0.488. The standard InChI is InChI=1S/C11H15Br3S/c1-6(11(2,3)4)9(13)7-5-8(12)15-10(7)14/h5-6,9H,1-4H3. The van der Waals surface area contributed by atoms with Gasteiger partial charge < -0.3 is 0 Å². The molecule has 0 aliphatic heterocycles. The van der Waals surface area contributed by atoms with E-state index in [0.717, 1.165) is 0 Å². The van der Waals surface area contributed by atoms with E-state index in [1.54, 1.807) is 11.3 Å². The molecule has 0 bridgehead atoms. The van der Waals surface area contributed by atoms with Gasteiger partial charge in [0.25, 0.3) is 0 Å². The maximum absolute atomic E-state index is 3.81. The second kappa shape index (κ2) is 5.19. The van der Waals surface area contributed by atoms with E-state index < -0.39 is 0 Å². The number of hydrogen-bond acceptors (Lipinski definition) is 1. The van der Waals surface area contributed by atoms with Crippen molar-refractivity contribution in [2.24, 2.45) is 11.3 Å². The summed E-state index contributed by atoms with van der Waals surface area (Å²) in [5.74, 6) is 0.579. The van der Waals surface area contributed by atoms with Gasteiger partial charge in [0.05, 0.1) is 7.57 Å². The Labute approximate surface area is 121 Å². The van der Waals surface area contributed by atoms with Crippen LogP contribution >= 0.6 is 59.1 Å². The van der Waals surface area contributed by atoms with Crippen molar-refractivity contribution in [1.29, 1.82) is 0 Å². The molecule has 0 aliphatic carbocycles. The smallest absolute Gasteiger partial charge is 0.0753 e. The van der Waals surface area contributed by atoms with Crippen LogP contribution in [0.2, 0.25) is 0 Å². The van der Waals surface area contributed by atoms with Crippen molar-refractivity contribution in [2.45, 2.75) is 32.5 Å². The first-order chi connectivity index (χ1) is 6.73. The molecule has 1 aromatic rings. The largest absolute Gasteiger partial charge is 0.121 e. The van der Waals surface area contributed by atoms with E-state index in [9.17, 15) is 0 Å². The van der Waals surface area contributed by atoms with Crippen LogP contribution in [-0.2, 0) is 0 Å². The maximum atomic E-state index is 3.81. The van der Waals surface area contributed by atoms with Gasteiger partial charge in [0.2, 0.25) is 0 Å². The zero-order chi connectivity index (χ0) is 11.8. The summed E-state index contributed by atoms with van der Waals surface area (Å²) in [7, 11) is 0. The first-order valence-corrected chi connectivity index (χ1v) is 8.14. The van der Waals surface area contributed by atoms with Gasteiger partial charge in [0.15, 0.2) is 0 Å². The lowest BCUT2D eigenvalue weighted by Crippen LogP contribution is -2.21. The normalized spacial score (nSPS) is 16.5. The number of alkyl halides is 1. The van der Waals surface area contributed by atoms with Crippen LogP contribution in [-0.4, -0.2) is 0 Å². The molecule has 0 saturated carbocycles. The average molecular weight is 419 g/mol. The van der Waals surface area contributed by atoms with Crippen molar-refractivity contribution >= 4 is 59.1 Å². The van der Waals surface area contributed by atoms with Crippen LogP contribution in [0.15, 0.2) is 13.6 Å². The minimum absolute atomic E-state index is 0.308. The lowest BCUT2D eigenvalue weighted by molar-refractivity contribution is 0.258. The molecule has 0 aromatic carbocycles. The SMILES string of the molecule is CC(C(Br)c1cc(Br)sc1Br)C(C)(C)C. The van der Waals surface area contributed by atoms with Crippen molar-refractivity contribution in [1.82, 2.24) is 0 Å². The van der Waals surface area contributed by atoms with E-state index in [1.165, 1.54) is 13.1 Å². The third-order valence-corrected chi connectivity index (χ3v) is 6.46. The van der Waals surface area contributed by atoms with Gasteiger partial charge in [-0.05, 0) is 54.8 Å². The molecule has 4 heteroatoms. The van der Waals surface area contributed by atoms with Crippen LogP contribution in [0.3, 0.4) is 0 Å². The van der Waals surface area contributed by atoms with Crippen LogP contribution in [0.4, 0.5) is 0 Å². The van der Waals surface area contributed by atoms with Gasteiger partial charge >= 0.3 is 0 Å². The fourth-order valence-electron chi connectivity index (χ4n) is 1.25. The molecule has 0 nitrogen and oxygen atoms in total. The molecule has 1 heterocycles. The summed E-state index contributed by atoms with van der Waals surface area (Å²) in [5, 5.41) is 0. The summed E-state index contributed by atoms with van der Waals surface area (Å²) in [6.45, 7) is 9.13. The Kier molecular flexibility index (Phi) is 4.92. The summed E-state index contributed by atoms with van der Waals surface area (Å²) >= 11 is 12.7. The van der Waals surface area contributed by atoms with Crippen molar-refractivity contribution in [3.63, 3.8) is 0 Å². The Morgan fingerprint density at radius 1 is 1.27 bits per heavy atom. The van der Waals surface area contributed by atoms with E-state index >= 15 is 0 Å². The fraction of sp³-hybridized carbons (Fsp3) is 0.636. The molecule has 15 heavy (non-hydrogen) atoms. The Balaban J connectivity index is 2.94. The highest BCUT2D eigenvalue weighted by Gasteiger charge is 2.29. The molecule has 2 unspecified atom stereocenters. The summed E-state index contributed by atoms with van der Waals surface area (Å²) < 4.78 is 2.39. The molecule has 0 N–H and O–H groups in total. The predicted octanol–water partition coefficient (Wildman–Crippen LogP) is 6.39. The second-order valence-electron chi connectivity index (χ2n) is 4.84. The Hall–Kier alpha value is 1.14. The first kappa shape index (κ1) is 14.2. The first-order valence-electron chi connectivity index (χ1n) is 4.82. The van der Waals surface area contributed by atoms with Gasteiger partial charge in [-0.3, -0.25) is 0 Å². The van der Waals surface area contributed by atoms with E-state index in [0.29, 0.717) is 16.2 Å². The third kappa shape index (κ3) is 3.55. The molecular formula is C11H15Br3S. The molecule has 0 radical (unpaired) electrons. The average Bonchev–Trinajstić information content (AvgIpc) is 2.41. The molecule has 0 fully saturated rings. The van der Waals surface area contributed by atoms with Gasteiger partial charge in [-0.1, -0.05) is 43.6 Å². The van der Waals surface area contributed by atoms with Crippen LogP contribution in [0.25, 0.3) is 0 Å². The Morgan fingerprint density at radius 2 is 1.80 bits per heavy atom. The summed E-state index contributed by atoms with van der Waals surface area (Å²) in [4.78, 5) is 0.398.